The minimum atomic E-state index is -1.04. The number of aryl methyl sites for hydroxylation is 3. The van der Waals surface area contributed by atoms with Crippen LogP contribution in [0.3, 0.4) is 0 Å². The average Bonchev–Trinajstić information content (AvgIpc) is 2.90. The number of rotatable bonds is 14. The fourth-order valence-corrected chi connectivity index (χ4v) is 5.38. The van der Waals surface area contributed by atoms with Crippen LogP contribution in [0.15, 0.2) is 36.4 Å². The lowest BCUT2D eigenvalue weighted by Gasteiger charge is -2.34. The van der Waals surface area contributed by atoms with E-state index in [-0.39, 0.29) is 29.5 Å². The maximum absolute atomic E-state index is 12.4. The first-order valence-corrected chi connectivity index (χ1v) is 14.7. The minimum Gasteiger partial charge on any atom is -0.484 e. The van der Waals surface area contributed by atoms with Gasteiger partial charge in [0, 0.05) is 5.41 Å². The molecule has 2 aromatic carbocycles. The summed E-state index contributed by atoms with van der Waals surface area (Å²) < 4.78 is 5.81. The van der Waals surface area contributed by atoms with Gasteiger partial charge in [-0.1, -0.05) is 85.2 Å². The Kier molecular flexibility index (Phi) is 11.8. The number of aliphatic carboxylic acids is 1. The molecular formula is C34H51NO5. The third-order valence-electron chi connectivity index (χ3n) is 8.67. The van der Waals surface area contributed by atoms with Gasteiger partial charge >= 0.3 is 5.97 Å². The van der Waals surface area contributed by atoms with Gasteiger partial charge in [-0.05, 0) is 84.7 Å². The van der Waals surface area contributed by atoms with Crippen molar-refractivity contribution in [3.05, 3.63) is 64.2 Å². The van der Waals surface area contributed by atoms with Crippen molar-refractivity contribution in [2.75, 3.05) is 6.61 Å². The maximum Gasteiger partial charge on any atom is 0.326 e. The summed E-state index contributed by atoms with van der Waals surface area (Å²) in [5.74, 6) is -1.05. The van der Waals surface area contributed by atoms with Crippen molar-refractivity contribution in [3.63, 3.8) is 0 Å². The number of aliphatic hydroxyl groups is 1. The summed E-state index contributed by atoms with van der Waals surface area (Å²) in [4.78, 5) is 24.0. The van der Waals surface area contributed by atoms with Gasteiger partial charge < -0.3 is 20.3 Å². The molecule has 0 heterocycles. The number of hydrogen-bond acceptors (Lipinski definition) is 4. The molecule has 2 rings (SSSR count). The van der Waals surface area contributed by atoms with E-state index in [1.54, 1.807) is 0 Å². The minimum absolute atomic E-state index is 0.126. The van der Waals surface area contributed by atoms with Crippen molar-refractivity contribution in [2.45, 2.75) is 112 Å². The number of carbonyl (C=O) groups is 2. The molecule has 1 amide bonds. The predicted molar refractivity (Wildman–Crippen MR) is 162 cm³/mol. The Morgan fingerprint density at radius 2 is 1.52 bits per heavy atom. The van der Waals surface area contributed by atoms with E-state index in [2.05, 4.69) is 77.2 Å². The van der Waals surface area contributed by atoms with Gasteiger partial charge in [0.05, 0.1) is 6.10 Å². The first kappa shape index (κ1) is 33.3. The van der Waals surface area contributed by atoms with Crippen molar-refractivity contribution in [3.8, 4) is 5.75 Å². The molecule has 0 fully saturated rings. The van der Waals surface area contributed by atoms with Gasteiger partial charge in [0.25, 0.3) is 5.91 Å². The van der Waals surface area contributed by atoms with Crippen LogP contribution in [0.25, 0.3) is 0 Å². The zero-order valence-corrected chi connectivity index (χ0v) is 26.1. The van der Waals surface area contributed by atoms with Crippen LogP contribution < -0.4 is 10.1 Å². The number of hydrogen-bond donors (Lipinski definition) is 3. The van der Waals surface area contributed by atoms with Crippen molar-refractivity contribution in [2.24, 2.45) is 11.3 Å². The normalized spacial score (nSPS) is 14.3. The largest absolute Gasteiger partial charge is 0.484 e. The maximum atomic E-state index is 12.4. The van der Waals surface area contributed by atoms with Crippen molar-refractivity contribution < 1.29 is 24.5 Å². The third kappa shape index (κ3) is 8.09. The number of amides is 1. The topological polar surface area (TPSA) is 95.9 Å². The molecule has 6 heteroatoms. The van der Waals surface area contributed by atoms with Crippen LogP contribution in [0.5, 0.6) is 5.75 Å². The molecule has 0 radical (unpaired) electrons. The number of aliphatic hydroxyl groups excluding tert-OH is 1. The van der Waals surface area contributed by atoms with Crippen LogP contribution in [0.4, 0.5) is 0 Å². The summed E-state index contributed by atoms with van der Waals surface area (Å²) in [6.45, 7) is 18.2. The first-order chi connectivity index (χ1) is 18.7. The fourth-order valence-electron chi connectivity index (χ4n) is 5.38. The SMILES string of the molecule is CC[C@@H](C)[C@@H](NC(=O)COc1ccc(C(CC)(CC)c2ccc(CCC(O)C(C)(C)C)c(C)c2)cc1C)C(=O)O. The van der Waals surface area contributed by atoms with Crippen LogP contribution >= 0.6 is 0 Å². The smallest absolute Gasteiger partial charge is 0.326 e. The fraction of sp³-hybridized carbons (Fsp3) is 0.588. The van der Waals surface area contributed by atoms with E-state index in [1.165, 1.54) is 22.3 Å². The Balaban J connectivity index is 2.22. The number of carboxylic acid groups (broad SMARTS) is 1. The van der Waals surface area contributed by atoms with Crippen molar-refractivity contribution >= 4 is 11.9 Å². The molecule has 0 aliphatic rings. The van der Waals surface area contributed by atoms with E-state index in [0.717, 1.165) is 31.2 Å². The Morgan fingerprint density at radius 1 is 0.950 bits per heavy atom. The lowest BCUT2D eigenvalue weighted by Crippen LogP contribution is -2.46. The Morgan fingerprint density at radius 3 is 2.00 bits per heavy atom. The van der Waals surface area contributed by atoms with Gasteiger partial charge in [-0.15, -0.1) is 0 Å². The molecule has 0 aromatic heterocycles. The highest BCUT2D eigenvalue weighted by Gasteiger charge is 2.32. The number of nitrogens with one attached hydrogen (secondary N) is 1. The van der Waals surface area contributed by atoms with Crippen LogP contribution in [0, 0.1) is 25.2 Å². The monoisotopic (exact) mass is 553 g/mol. The molecule has 0 bridgehead atoms. The number of carboxylic acids is 1. The van der Waals surface area contributed by atoms with Gasteiger partial charge in [0.1, 0.15) is 11.8 Å². The van der Waals surface area contributed by atoms with Crippen molar-refractivity contribution in [1.29, 1.82) is 0 Å². The lowest BCUT2D eigenvalue weighted by molar-refractivity contribution is -0.143. The van der Waals surface area contributed by atoms with Gasteiger partial charge in [-0.25, -0.2) is 4.79 Å². The Labute approximate surface area is 241 Å². The zero-order chi connectivity index (χ0) is 30.3. The summed E-state index contributed by atoms with van der Waals surface area (Å²) in [5, 5.41) is 22.5. The molecule has 2 aromatic rings. The van der Waals surface area contributed by atoms with Crippen LogP contribution in [0.2, 0.25) is 0 Å². The molecule has 3 atom stereocenters. The molecule has 0 aliphatic carbocycles. The van der Waals surface area contributed by atoms with Gasteiger partial charge in [0.2, 0.25) is 0 Å². The van der Waals surface area contributed by atoms with Crippen LogP contribution in [0.1, 0.15) is 102 Å². The number of carbonyl (C=O) groups excluding carboxylic acids is 1. The van der Waals surface area contributed by atoms with E-state index in [9.17, 15) is 19.8 Å². The van der Waals surface area contributed by atoms with E-state index in [1.807, 2.05) is 26.8 Å². The van der Waals surface area contributed by atoms with Crippen LogP contribution in [-0.2, 0) is 21.4 Å². The highest BCUT2D eigenvalue weighted by Crippen LogP contribution is 2.41. The summed E-state index contributed by atoms with van der Waals surface area (Å²) in [5.41, 5.74) is 5.61. The molecule has 0 aliphatic heterocycles. The Bertz CT molecular complexity index is 1150. The molecule has 40 heavy (non-hydrogen) atoms. The molecule has 3 N–H and O–H groups in total. The molecule has 6 nitrogen and oxygen atoms in total. The highest BCUT2D eigenvalue weighted by molar-refractivity contribution is 5.84. The summed E-state index contributed by atoms with van der Waals surface area (Å²) >= 11 is 0. The highest BCUT2D eigenvalue weighted by atomic mass is 16.5. The van der Waals surface area contributed by atoms with E-state index < -0.39 is 17.9 Å². The second-order valence-electron chi connectivity index (χ2n) is 12.4. The number of ether oxygens (including phenoxy) is 1. The Hall–Kier alpha value is -2.86. The molecule has 0 saturated carbocycles. The molecule has 0 spiro atoms. The quantitative estimate of drug-likeness (QED) is 0.241. The predicted octanol–water partition coefficient (Wildman–Crippen LogP) is 6.74. The lowest BCUT2D eigenvalue weighted by atomic mass is 9.69. The zero-order valence-electron chi connectivity index (χ0n) is 26.1. The van der Waals surface area contributed by atoms with Crippen LogP contribution in [-0.4, -0.2) is 40.8 Å². The first-order valence-electron chi connectivity index (χ1n) is 14.7. The van der Waals surface area contributed by atoms with Crippen molar-refractivity contribution in [1.82, 2.24) is 5.32 Å². The second-order valence-corrected chi connectivity index (χ2v) is 12.4. The molecule has 0 saturated heterocycles. The summed E-state index contributed by atoms with van der Waals surface area (Å²) in [6.07, 6.45) is 3.75. The van der Waals surface area contributed by atoms with Gasteiger partial charge in [0.15, 0.2) is 6.61 Å². The molecule has 222 valence electrons. The summed E-state index contributed by atoms with van der Waals surface area (Å²) in [6, 6.07) is 11.9. The van der Waals surface area contributed by atoms with Gasteiger partial charge in [-0.2, -0.15) is 0 Å². The van der Waals surface area contributed by atoms with E-state index in [0.29, 0.717) is 12.2 Å². The van der Waals surface area contributed by atoms with Gasteiger partial charge in [-0.3, -0.25) is 4.79 Å². The standard InChI is InChI=1S/C34H51NO5/c1-10-22(4)31(32(38)39)35-30(37)21-40-28-17-16-27(20-24(28)6)34(11-2,12-3)26-15-13-25(23(5)19-26)14-18-29(36)33(7,8)9/h13,15-17,19-20,22,29,31,36H,10-12,14,18,21H2,1-9H3,(H,35,37)(H,38,39)/t22-,29?,31-/m1/s1. The molecule has 1 unspecified atom stereocenters. The van der Waals surface area contributed by atoms with E-state index in [4.69, 9.17) is 4.74 Å². The summed E-state index contributed by atoms with van der Waals surface area (Å²) in [7, 11) is 0. The molecular weight excluding hydrogens is 502 g/mol. The third-order valence-corrected chi connectivity index (χ3v) is 8.67. The number of benzene rings is 2. The van der Waals surface area contributed by atoms with E-state index >= 15 is 0 Å². The second kappa shape index (κ2) is 14.2. The average molecular weight is 554 g/mol.